The Hall–Kier alpha value is -1.40. The summed E-state index contributed by atoms with van der Waals surface area (Å²) in [6.45, 7) is 3.65. The summed E-state index contributed by atoms with van der Waals surface area (Å²) >= 11 is 4.55. The molecule has 0 saturated heterocycles. The molecule has 0 aliphatic rings. The highest BCUT2D eigenvalue weighted by molar-refractivity contribution is 9.10. The SMILES string of the molecule is Cc1ccc(Br)cc1Nc1snc(C)c1C(=O)O. The second kappa shape index (κ2) is 5.07. The van der Waals surface area contributed by atoms with Gasteiger partial charge in [0.1, 0.15) is 10.6 Å². The molecule has 0 fully saturated rings. The minimum Gasteiger partial charge on any atom is -0.478 e. The van der Waals surface area contributed by atoms with Crippen LogP contribution in [0, 0.1) is 13.8 Å². The van der Waals surface area contributed by atoms with Crippen molar-refractivity contribution >= 4 is 44.1 Å². The van der Waals surface area contributed by atoms with Gasteiger partial charge in [-0.2, -0.15) is 4.37 Å². The molecular formula is C12H11BrN2O2S. The Labute approximate surface area is 117 Å². The van der Waals surface area contributed by atoms with E-state index in [1.807, 2.05) is 25.1 Å². The number of carboxylic acid groups (broad SMARTS) is 1. The van der Waals surface area contributed by atoms with Gasteiger partial charge in [0.2, 0.25) is 0 Å². The van der Waals surface area contributed by atoms with Gasteiger partial charge in [-0.25, -0.2) is 4.79 Å². The van der Waals surface area contributed by atoms with Gasteiger partial charge in [-0.05, 0) is 43.1 Å². The zero-order valence-electron chi connectivity index (χ0n) is 9.82. The lowest BCUT2D eigenvalue weighted by Gasteiger charge is -2.08. The van der Waals surface area contributed by atoms with Crippen molar-refractivity contribution in [2.24, 2.45) is 0 Å². The van der Waals surface area contributed by atoms with E-state index in [-0.39, 0.29) is 5.56 Å². The van der Waals surface area contributed by atoms with Crippen LogP contribution in [0.5, 0.6) is 0 Å². The van der Waals surface area contributed by atoms with Gasteiger partial charge in [-0.1, -0.05) is 22.0 Å². The molecule has 2 N–H and O–H groups in total. The number of aromatic nitrogens is 1. The molecule has 0 radical (unpaired) electrons. The molecule has 6 heteroatoms. The van der Waals surface area contributed by atoms with E-state index in [9.17, 15) is 4.79 Å². The summed E-state index contributed by atoms with van der Waals surface area (Å²) in [5.74, 6) is -0.962. The van der Waals surface area contributed by atoms with E-state index in [0.29, 0.717) is 10.7 Å². The number of rotatable bonds is 3. The molecule has 1 heterocycles. The van der Waals surface area contributed by atoms with Gasteiger partial charge in [-0.15, -0.1) is 0 Å². The summed E-state index contributed by atoms with van der Waals surface area (Å²) in [6, 6.07) is 5.81. The number of halogens is 1. The monoisotopic (exact) mass is 326 g/mol. The van der Waals surface area contributed by atoms with Crippen LogP contribution in [0.2, 0.25) is 0 Å². The third-order valence-electron chi connectivity index (χ3n) is 2.52. The Morgan fingerprint density at radius 3 is 2.83 bits per heavy atom. The molecule has 0 bridgehead atoms. The number of hydrogen-bond acceptors (Lipinski definition) is 4. The third-order valence-corrected chi connectivity index (χ3v) is 3.87. The van der Waals surface area contributed by atoms with Crippen molar-refractivity contribution in [3.8, 4) is 0 Å². The molecule has 2 aromatic rings. The standard InChI is InChI=1S/C12H11BrN2O2S/c1-6-3-4-8(13)5-9(6)14-11-10(12(16)17)7(2)15-18-11/h3-5,14H,1-2H3,(H,16,17). The molecule has 0 aliphatic heterocycles. The van der Waals surface area contributed by atoms with Gasteiger partial charge in [0.25, 0.3) is 0 Å². The van der Waals surface area contributed by atoms with Crippen molar-refractivity contribution in [1.29, 1.82) is 0 Å². The zero-order valence-corrected chi connectivity index (χ0v) is 12.2. The van der Waals surface area contributed by atoms with Crippen molar-refractivity contribution in [1.82, 2.24) is 4.37 Å². The maximum Gasteiger partial charge on any atom is 0.340 e. The van der Waals surface area contributed by atoms with Crippen molar-refractivity contribution in [2.75, 3.05) is 5.32 Å². The van der Waals surface area contributed by atoms with E-state index in [1.165, 1.54) is 0 Å². The quantitative estimate of drug-likeness (QED) is 0.896. The summed E-state index contributed by atoms with van der Waals surface area (Å²) in [5.41, 5.74) is 2.68. The minimum absolute atomic E-state index is 0.236. The minimum atomic E-state index is -0.962. The van der Waals surface area contributed by atoms with Crippen LogP contribution >= 0.6 is 27.5 Å². The molecule has 0 aliphatic carbocycles. The summed E-state index contributed by atoms with van der Waals surface area (Å²) in [5, 5.41) is 12.8. The molecule has 4 nitrogen and oxygen atoms in total. The van der Waals surface area contributed by atoms with E-state index in [2.05, 4.69) is 25.6 Å². The molecular weight excluding hydrogens is 316 g/mol. The summed E-state index contributed by atoms with van der Waals surface area (Å²) in [4.78, 5) is 11.2. The zero-order chi connectivity index (χ0) is 13.3. The number of carbonyl (C=O) groups is 1. The van der Waals surface area contributed by atoms with Crippen LogP contribution in [-0.4, -0.2) is 15.4 Å². The Morgan fingerprint density at radius 2 is 2.17 bits per heavy atom. The topological polar surface area (TPSA) is 62.2 Å². The van der Waals surface area contributed by atoms with Gasteiger partial charge in [0.15, 0.2) is 0 Å². The maximum atomic E-state index is 11.2. The number of nitrogens with zero attached hydrogens (tertiary/aromatic N) is 1. The average molecular weight is 327 g/mol. The smallest absolute Gasteiger partial charge is 0.340 e. The Morgan fingerprint density at radius 1 is 1.44 bits per heavy atom. The molecule has 2 rings (SSSR count). The number of anilines is 2. The van der Waals surface area contributed by atoms with Crippen molar-refractivity contribution in [2.45, 2.75) is 13.8 Å². The number of hydrogen-bond donors (Lipinski definition) is 2. The molecule has 94 valence electrons. The fourth-order valence-corrected chi connectivity index (χ4v) is 2.72. The van der Waals surface area contributed by atoms with Crippen LogP contribution in [0.3, 0.4) is 0 Å². The molecule has 0 spiro atoms. The number of aromatic carboxylic acids is 1. The lowest BCUT2D eigenvalue weighted by molar-refractivity contribution is 0.0697. The Bertz CT molecular complexity index is 610. The largest absolute Gasteiger partial charge is 0.478 e. The van der Waals surface area contributed by atoms with Crippen LogP contribution in [0.25, 0.3) is 0 Å². The number of nitrogens with one attached hydrogen (secondary N) is 1. The first-order chi connectivity index (χ1) is 8.49. The first-order valence-electron chi connectivity index (χ1n) is 5.22. The number of aryl methyl sites for hydroxylation is 2. The highest BCUT2D eigenvalue weighted by Crippen LogP contribution is 2.30. The van der Waals surface area contributed by atoms with Gasteiger partial charge in [-0.3, -0.25) is 0 Å². The lowest BCUT2D eigenvalue weighted by Crippen LogP contribution is -2.02. The summed E-state index contributed by atoms with van der Waals surface area (Å²) in [6.07, 6.45) is 0. The van der Waals surface area contributed by atoms with E-state index in [1.54, 1.807) is 6.92 Å². The molecule has 1 aromatic carbocycles. The maximum absolute atomic E-state index is 11.2. The Balaban J connectivity index is 2.40. The molecule has 0 atom stereocenters. The predicted octanol–water partition coefficient (Wildman–Crippen LogP) is 3.96. The van der Waals surface area contributed by atoms with Gasteiger partial charge in [0, 0.05) is 10.2 Å². The van der Waals surface area contributed by atoms with Crippen molar-refractivity contribution in [3.63, 3.8) is 0 Å². The highest BCUT2D eigenvalue weighted by atomic mass is 79.9. The van der Waals surface area contributed by atoms with Crippen LogP contribution < -0.4 is 5.32 Å². The lowest BCUT2D eigenvalue weighted by atomic mass is 10.2. The molecule has 0 unspecified atom stereocenters. The van der Waals surface area contributed by atoms with Gasteiger partial charge < -0.3 is 10.4 Å². The van der Waals surface area contributed by atoms with Crippen LogP contribution in [0.15, 0.2) is 22.7 Å². The van der Waals surface area contributed by atoms with E-state index < -0.39 is 5.97 Å². The number of benzene rings is 1. The predicted molar refractivity (Wildman–Crippen MR) is 76.0 cm³/mol. The molecule has 0 saturated carbocycles. The van der Waals surface area contributed by atoms with Crippen molar-refractivity contribution < 1.29 is 9.90 Å². The molecule has 1 aromatic heterocycles. The second-order valence-corrected chi connectivity index (χ2v) is 5.55. The molecule has 18 heavy (non-hydrogen) atoms. The fourth-order valence-electron chi connectivity index (χ4n) is 1.56. The van der Waals surface area contributed by atoms with E-state index >= 15 is 0 Å². The van der Waals surface area contributed by atoms with Crippen LogP contribution in [-0.2, 0) is 0 Å². The summed E-state index contributed by atoms with van der Waals surface area (Å²) in [7, 11) is 0. The van der Waals surface area contributed by atoms with Crippen molar-refractivity contribution in [3.05, 3.63) is 39.5 Å². The first kappa shape index (κ1) is 13.0. The fraction of sp³-hybridized carbons (Fsp3) is 0.167. The van der Waals surface area contributed by atoms with E-state index in [4.69, 9.17) is 5.11 Å². The van der Waals surface area contributed by atoms with Crippen LogP contribution in [0.1, 0.15) is 21.6 Å². The number of carboxylic acids is 1. The first-order valence-corrected chi connectivity index (χ1v) is 6.78. The average Bonchev–Trinajstić information content (AvgIpc) is 2.65. The van der Waals surface area contributed by atoms with Gasteiger partial charge in [0.05, 0.1) is 5.69 Å². The third kappa shape index (κ3) is 2.54. The van der Waals surface area contributed by atoms with E-state index in [0.717, 1.165) is 27.3 Å². The Kier molecular flexibility index (Phi) is 3.68. The highest BCUT2D eigenvalue weighted by Gasteiger charge is 2.17. The normalized spacial score (nSPS) is 10.4. The van der Waals surface area contributed by atoms with Crippen LogP contribution in [0.4, 0.5) is 10.7 Å². The molecule has 0 amide bonds. The summed E-state index contributed by atoms with van der Waals surface area (Å²) < 4.78 is 5.01. The van der Waals surface area contributed by atoms with Gasteiger partial charge >= 0.3 is 5.97 Å². The second-order valence-electron chi connectivity index (χ2n) is 3.86.